The van der Waals surface area contributed by atoms with E-state index >= 15 is 0 Å². The molecule has 0 bridgehead atoms. The zero-order chi connectivity index (χ0) is 16.7. The summed E-state index contributed by atoms with van der Waals surface area (Å²) in [4.78, 5) is 27.5. The summed E-state index contributed by atoms with van der Waals surface area (Å²) in [5, 5.41) is 3.20. The van der Waals surface area contributed by atoms with Crippen molar-refractivity contribution in [3.63, 3.8) is 0 Å². The fourth-order valence-electron chi connectivity index (χ4n) is 1.92. The van der Waals surface area contributed by atoms with Gasteiger partial charge in [0.15, 0.2) is 0 Å². The highest BCUT2D eigenvalue weighted by atomic mass is 35.5. The van der Waals surface area contributed by atoms with Gasteiger partial charge in [0.25, 0.3) is 0 Å². The van der Waals surface area contributed by atoms with Crippen LogP contribution in [0.15, 0.2) is 54.7 Å². The molecule has 1 heterocycles. The lowest BCUT2D eigenvalue weighted by Gasteiger charge is -2.13. The SMILES string of the molecule is NC(=O)[C@H](Cc1ccccn1)NC(=O)/C=C/c1ccc(Cl)cc1. The van der Waals surface area contributed by atoms with Crippen LogP contribution in [0, 0.1) is 0 Å². The van der Waals surface area contributed by atoms with E-state index in [-0.39, 0.29) is 6.42 Å². The van der Waals surface area contributed by atoms with E-state index in [0.29, 0.717) is 10.7 Å². The molecular weight excluding hydrogens is 314 g/mol. The van der Waals surface area contributed by atoms with Crippen LogP contribution >= 0.6 is 11.6 Å². The van der Waals surface area contributed by atoms with E-state index in [9.17, 15) is 9.59 Å². The van der Waals surface area contributed by atoms with Gasteiger partial charge < -0.3 is 11.1 Å². The lowest BCUT2D eigenvalue weighted by Crippen LogP contribution is -2.45. The van der Waals surface area contributed by atoms with Crippen LogP contribution in [0.5, 0.6) is 0 Å². The molecule has 6 heteroatoms. The minimum absolute atomic E-state index is 0.247. The van der Waals surface area contributed by atoms with E-state index in [1.165, 1.54) is 6.08 Å². The summed E-state index contributed by atoms with van der Waals surface area (Å²) < 4.78 is 0. The number of carbonyl (C=O) groups is 2. The number of benzene rings is 1. The summed E-state index contributed by atoms with van der Waals surface area (Å²) in [5.41, 5.74) is 6.84. The number of primary amides is 1. The molecule has 2 aromatic rings. The molecular formula is C17H16ClN3O2. The number of hydrogen-bond acceptors (Lipinski definition) is 3. The Hall–Kier alpha value is -2.66. The van der Waals surface area contributed by atoms with Gasteiger partial charge in [-0.05, 0) is 35.9 Å². The third-order valence-electron chi connectivity index (χ3n) is 3.10. The minimum Gasteiger partial charge on any atom is -0.368 e. The third-order valence-corrected chi connectivity index (χ3v) is 3.35. The second-order valence-corrected chi connectivity index (χ2v) is 5.31. The summed E-state index contributed by atoms with van der Waals surface area (Å²) in [5.74, 6) is -1.01. The molecule has 0 saturated carbocycles. The van der Waals surface area contributed by atoms with Crippen LogP contribution in [0.3, 0.4) is 0 Å². The highest BCUT2D eigenvalue weighted by molar-refractivity contribution is 6.30. The minimum atomic E-state index is -0.813. The average Bonchev–Trinajstić information content (AvgIpc) is 2.54. The molecule has 0 fully saturated rings. The molecule has 0 radical (unpaired) electrons. The zero-order valence-corrected chi connectivity index (χ0v) is 13.0. The molecule has 0 spiro atoms. The Morgan fingerprint density at radius 1 is 1.22 bits per heavy atom. The molecule has 1 atom stereocenters. The van der Waals surface area contributed by atoms with Crippen molar-refractivity contribution < 1.29 is 9.59 Å². The van der Waals surface area contributed by atoms with Crippen molar-refractivity contribution >= 4 is 29.5 Å². The number of pyridine rings is 1. The van der Waals surface area contributed by atoms with Crippen molar-refractivity contribution in [3.8, 4) is 0 Å². The molecule has 1 aromatic heterocycles. The van der Waals surface area contributed by atoms with E-state index in [1.807, 2.05) is 6.07 Å². The van der Waals surface area contributed by atoms with Crippen molar-refractivity contribution in [1.29, 1.82) is 0 Å². The molecule has 2 amide bonds. The monoisotopic (exact) mass is 329 g/mol. The number of nitrogens with zero attached hydrogens (tertiary/aromatic N) is 1. The Kier molecular flexibility index (Phi) is 5.88. The fourth-order valence-corrected chi connectivity index (χ4v) is 2.04. The van der Waals surface area contributed by atoms with Crippen LogP contribution in [0.25, 0.3) is 6.08 Å². The van der Waals surface area contributed by atoms with Crippen molar-refractivity contribution in [2.45, 2.75) is 12.5 Å². The van der Waals surface area contributed by atoms with Gasteiger partial charge in [-0.2, -0.15) is 0 Å². The number of amides is 2. The zero-order valence-electron chi connectivity index (χ0n) is 12.3. The van der Waals surface area contributed by atoms with Gasteiger partial charge in [-0.15, -0.1) is 0 Å². The second kappa shape index (κ2) is 8.10. The van der Waals surface area contributed by atoms with Crippen LogP contribution in [-0.4, -0.2) is 22.8 Å². The van der Waals surface area contributed by atoms with Crippen molar-refractivity contribution in [2.75, 3.05) is 0 Å². The number of halogens is 1. The van der Waals surface area contributed by atoms with Gasteiger partial charge in [-0.25, -0.2) is 0 Å². The second-order valence-electron chi connectivity index (χ2n) is 4.87. The topological polar surface area (TPSA) is 85.1 Å². The first-order valence-electron chi connectivity index (χ1n) is 6.98. The number of carbonyl (C=O) groups excluding carboxylic acids is 2. The highest BCUT2D eigenvalue weighted by Gasteiger charge is 2.17. The summed E-state index contributed by atoms with van der Waals surface area (Å²) in [6, 6.07) is 11.6. The number of nitrogens with two attached hydrogens (primary N) is 1. The van der Waals surface area contributed by atoms with Crippen molar-refractivity contribution in [2.24, 2.45) is 5.73 Å². The standard InChI is InChI=1S/C17H16ClN3O2/c18-13-7-4-12(5-8-13)6-9-16(22)21-15(17(19)23)11-14-3-1-2-10-20-14/h1-10,15H,11H2,(H2,19,23)(H,21,22)/b9-6+/t15-/m0/s1. The van der Waals surface area contributed by atoms with Gasteiger partial charge >= 0.3 is 0 Å². The first kappa shape index (κ1) is 16.7. The maximum Gasteiger partial charge on any atom is 0.244 e. The Balaban J connectivity index is 1.98. The Labute approximate surface area is 139 Å². The normalized spacial score (nSPS) is 12.0. The predicted molar refractivity (Wildman–Crippen MR) is 89.6 cm³/mol. The fraction of sp³-hybridized carbons (Fsp3) is 0.118. The molecule has 5 nitrogen and oxygen atoms in total. The third kappa shape index (κ3) is 5.56. The molecule has 0 aliphatic carbocycles. The van der Waals surface area contributed by atoms with Crippen LogP contribution in [0.1, 0.15) is 11.3 Å². The molecule has 0 saturated heterocycles. The molecule has 1 aromatic carbocycles. The largest absolute Gasteiger partial charge is 0.368 e. The Bertz CT molecular complexity index is 700. The molecule has 118 valence electrons. The van der Waals surface area contributed by atoms with E-state index in [4.69, 9.17) is 17.3 Å². The lowest BCUT2D eigenvalue weighted by molar-refractivity contribution is -0.124. The van der Waals surface area contributed by atoms with Gasteiger partial charge in [0.2, 0.25) is 11.8 Å². The van der Waals surface area contributed by atoms with Crippen molar-refractivity contribution in [3.05, 3.63) is 71.0 Å². The average molecular weight is 330 g/mol. The number of aromatic nitrogens is 1. The van der Waals surface area contributed by atoms with E-state index < -0.39 is 17.9 Å². The summed E-state index contributed by atoms with van der Waals surface area (Å²) >= 11 is 5.79. The quantitative estimate of drug-likeness (QED) is 0.794. The van der Waals surface area contributed by atoms with Gasteiger partial charge in [0.05, 0.1) is 0 Å². The van der Waals surface area contributed by atoms with Gasteiger partial charge in [0, 0.05) is 29.4 Å². The maximum absolute atomic E-state index is 11.9. The van der Waals surface area contributed by atoms with Crippen LogP contribution in [0.4, 0.5) is 0 Å². The van der Waals surface area contributed by atoms with Crippen LogP contribution in [0.2, 0.25) is 5.02 Å². The molecule has 0 unspecified atom stereocenters. The molecule has 0 aliphatic rings. The van der Waals surface area contributed by atoms with Gasteiger partial charge in [-0.1, -0.05) is 29.8 Å². The van der Waals surface area contributed by atoms with Crippen LogP contribution in [-0.2, 0) is 16.0 Å². The number of hydrogen-bond donors (Lipinski definition) is 2. The summed E-state index contributed by atoms with van der Waals surface area (Å²) in [6.45, 7) is 0. The van der Waals surface area contributed by atoms with E-state index in [1.54, 1.807) is 48.7 Å². The van der Waals surface area contributed by atoms with Crippen molar-refractivity contribution in [1.82, 2.24) is 10.3 Å². The smallest absolute Gasteiger partial charge is 0.244 e. The van der Waals surface area contributed by atoms with Crippen LogP contribution < -0.4 is 11.1 Å². The Morgan fingerprint density at radius 3 is 2.57 bits per heavy atom. The number of nitrogens with one attached hydrogen (secondary N) is 1. The lowest BCUT2D eigenvalue weighted by atomic mass is 10.1. The first-order chi connectivity index (χ1) is 11.0. The summed E-state index contributed by atoms with van der Waals surface area (Å²) in [6.07, 6.45) is 4.84. The molecule has 0 aliphatic heterocycles. The van der Waals surface area contributed by atoms with Gasteiger partial charge in [-0.3, -0.25) is 14.6 Å². The molecule has 23 heavy (non-hydrogen) atoms. The molecule has 3 N–H and O–H groups in total. The first-order valence-corrected chi connectivity index (χ1v) is 7.36. The Morgan fingerprint density at radius 2 is 1.96 bits per heavy atom. The van der Waals surface area contributed by atoms with E-state index in [2.05, 4.69) is 10.3 Å². The highest BCUT2D eigenvalue weighted by Crippen LogP contribution is 2.10. The predicted octanol–water partition coefficient (Wildman–Crippen LogP) is 1.96. The molecule has 2 rings (SSSR count). The number of rotatable bonds is 6. The maximum atomic E-state index is 11.9. The van der Waals surface area contributed by atoms with E-state index in [0.717, 1.165) is 5.56 Å². The van der Waals surface area contributed by atoms with Gasteiger partial charge in [0.1, 0.15) is 6.04 Å². The summed E-state index contributed by atoms with van der Waals surface area (Å²) in [7, 11) is 0.